The molecule has 2 saturated heterocycles. The van der Waals surface area contributed by atoms with Crippen LogP contribution in [0, 0.1) is 0 Å². The van der Waals surface area contributed by atoms with Gasteiger partial charge >= 0.3 is 0 Å². The molecule has 1 amide bonds. The smallest absolute Gasteiger partial charge is 0.241 e. The molecule has 0 aromatic heterocycles. The molecule has 0 spiro atoms. The molecule has 0 radical (unpaired) electrons. The van der Waals surface area contributed by atoms with Crippen LogP contribution in [0.25, 0.3) is 0 Å². The average Bonchev–Trinajstić information content (AvgIpc) is 2.89. The fourth-order valence-corrected chi connectivity index (χ4v) is 5.79. The molecule has 0 bridgehead atoms. The van der Waals surface area contributed by atoms with Crippen molar-refractivity contribution >= 4 is 21.4 Å². The van der Waals surface area contributed by atoms with E-state index in [1.165, 1.54) is 0 Å². The maximum atomic E-state index is 12.8. The summed E-state index contributed by atoms with van der Waals surface area (Å²) >= 11 is 0. The number of hydrogen-bond acceptors (Lipinski definition) is 5. The highest BCUT2D eigenvalue weighted by molar-refractivity contribution is 7.91. The molecule has 2 heterocycles. The van der Waals surface area contributed by atoms with E-state index in [2.05, 4.69) is 18.7 Å². The number of fused-ring (bicyclic) bond motifs is 1. The van der Waals surface area contributed by atoms with Crippen molar-refractivity contribution in [3.63, 3.8) is 0 Å². The molecule has 0 aliphatic carbocycles. The summed E-state index contributed by atoms with van der Waals surface area (Å²) in [6, 6.07) is 7.06. The Kier molecular flexibility index (Phi) is 5.06. The molecule has 1 aromatic rings. The van der Waals surface area contributed by atoms with Crippen LogP contribution in [-0.4, -0.2) is 62.0 Å². The minimum Gasteiger partial charge on any atom is -0.494 e. The Hall–Kier alpha value is -1.60. The summed E-state index contributed by atoms with van der Waals surface area (Å²) in [6.45, 7) is 6.88. The number of nitrogens with zero attached hydrogens (tertiary/aromatic N) is 2. The maximum absolute atomic E-state index is 12.8. The Balaban J connectivity index is 1.93. The summed E-state index contributed by atoms with van der Waals surface area (Å²) in [6.07, 6.45) is 0.888. The van der Waals surface area contributed by atoms with Gasteiger partial charge in [-0.05, 0) is 44.5 Å². The molecule has 0 N–H and O–H groups in total. The Morgan fingerprint density at radius 3 is 2.40 bits per heavy atom. The normalized spacial score (nSPS) is 27.2. The second-order valence-corrected chi connectivity index (χ2v) is 8.99. The van der Waals surface area contributed by atoms with Crippen LogP contribution in [0.15, 0.2) is 24.3 Å². The number of piperazine rings is 1. The Morgan fingerprint density at radius 1 is 1.16 bits per heavy atom. The molecule has 6 nitrogen and oxygen atoms in total. The third-order valence-corrected chi connectivity index (χ3v) is 6.92. The lowest BCUT2D eigenvalue weighted by Crippen LogP contribution is -2.63. The summed E-state index contributed by atoms with van der Waals surface area (Å²) in [4.78, 5) is 16.6. The number of sulfone groups is 1. The van der Waals surface area contributed by atoms with Gasteiger partial charge in [0.15, 0.2) is 9.84 Å². The first-order chi connectivity index (χ1) is 11.9. The van der Waals surface area contributed by atoms with Crippen molar-refractivity contribution in [2.45, 2.75) is 45.3 Å². The third-order valence-electron chi connectivity index (χ3n) is 5.22. The topological polar surface area (TPSA) is 66.9 Å². The first kappa shape index (κ1) is 18.2. The molecule has 0 saturated carbocycles. The molecule has 2 fully saturated rings. The van der Waals surface area contributed by atoms with Crippen LogP contribution < -0.4 is 9.64 Å². The van der Waals surface area contributed by atoms with Gasteiger partial charge in [0.1, 0.15) is 5.75 Å². The van der Waals surface area contributed by atoms with Gasteiger partial charge in [-0.15, -0.1) is 0 Å². The second kappa shape index (κ2) is 6.96. The minimum absolute atomic E-state index is 0.0313. The van der Waals surface area contributed by atoms with Crippen molar-refractivity contribution in [1.82, 2.24) is 4.90 Å². The molecule has 138 valence electrons. The van der Waals surface area contributed by atoms with Crippen LogP contribution in [0.1, 0.15) is 27.2 Å². The number of carbonyl (C=O) groups is 1. The average molecular weight is 366 g/mol. The standard InChI is InChI=1S/C18H26N2O4S/c1-4-13(3)19-10-18(21)20(17-12-25(22,23)11-16(17)19)14-6-8-15(9-7-14)24-5-2/h6-9,13,16-17H,4-5,10-12H2,1-3H3/t13?,16-,17+/m0/s1. The molecular weight excluding hydrogens is 340 g/mol. The van der Waals surface area contributed by atoms with Crippen molar-refractivity contribution in [1.29, 1.82) is 0 Å². The predicted octanol–water partition coefficient (Wildman–Crippen LogP) is 1.70. The molecule has 2 aliphatic heterocycles. The van der Waals surface area contributed by atoms with Gasteiger partial charge < -0.3 is 9.64 Å². The van der Waals surface area contributed by atoms with Gasteiger partial charge in [0, 0.05) is 17.8 Å². The van der Waals surface area contributed by atoms with Crippen LogP contribution in [0.4, 0.5) is 5.69 Å². The van der Waals surface area contributed by atoms with E-state index in [-0.39, 0.29) is 42.1 Å². The Labute approximate surface area is 149 Å². The van der Waals surface area contributed by atoms with Crippen LogP contribution in [0.2, 0.25) is 0 Å². The van der Waals surface area contributed by atoms with Gasteiger partial charge in [0.2, 0.25) is 5.91 Å². The van der Waals surface area contributed by atoms with Crippen molar-refractivity contribution in [2.24, 2.45) is 0 Å². The van der Waals surface area contributed by atoms with E-state index in [4.69, 9.17) is 4.74 Å². The fraction of sp³-hybridized carbons (Fsp3) is 0.611. The first-order valence-electron chi connectivity index (χ1n) is 8.87. The van der Waals surface area contributed by atoms with Gasteiger partial charge in [-0.1, -0.05) is 6.92 Å². The minimum atomic E-state index is -3.14. The molecule has 2 aliphatic rings. The van der Waals surface area contributed by atoms with E-state index in [9.17, 15) is 13.2 Å². The summed E-state index contributed by atoms with van der Waals surface area (Å²) < 4.78 is 30.0. The number of benzene rings is 1. The lowest BCUT2D eigenvalue weighted by atomic mass is 10.00. The van der Waals surface area contributed by atoms with Crippen LogP contribution in [-0.2, 0) is 14.6 Å². The number of rotatable bonds is 5. The molecule has 1 unspecified atom stereocenters. The molecule has 3 rings (SSSR count). The number of amides is 1. The van der Waals surface area contributed by atoms with Crippen molar-refractivity contribution in [3.8, 4) is 5.75 Å². The number of ether oxygens (including phenoxy) is 1. The summed E-state index contributed by atoms with van der Waals surface area (Å²) in [5.41, 5.74) is 0.740. The van der Waals surface area contributed by atoms with E-state index >= 15 is 0 Å². The lowest BCUT2D eigenvalue weighted by molar-refractivity contribution is -0.124. The largest absolute Gasteiger partial charge is 0.494 e. The third kappa shape index (κ3) is 3.53. The Morgan fingerprint density at radius 2 is 1.80 bits per heavy atom. The lowest BCUT2D eigenvalue weighted by Gasteiger charge is -2.45. The van der Waals surface area contributed by atoms with Gasteiger partial charge in [-0.3, -0.25) is 9.69 Å². The van der Waals surface area contributed by atoms with E-state index in [1.807, 2.05) is 31.2 Å². The van der Waals surface area contributed by atoms with E-state index < -0.39 is 9.84 Å². The SMILES string of the molecule is CCOc1ccc(N2C(=O)CN(C(C)CC)[C@H]3CS(=O)(=O)C[C@H]32)cc1. The molecule has 25 heavy (non-hydrogen) atoms. The highest BCUT2D eigenvalue weighted by Crippen LogP contribution is 2.33. The number of carbonyl (C=O) groups excluding carboxylic acids is 1. The monoisotopic (exact) mass is 366 g/mol. The van der Waals surface area contributed by atoms with Crippen LogP contribution in [0.5, 0.6) is 5.75 Å². The molecule has 3 atom stereocenters. The van der Waals surface area contributed by atoms with Gasteiger partial charge in [0.25, 0.3) is 0 Å². The summed E-state index contributed by atoms with van der Waals surface area (Å²) in [5, 5.41) is 0. The Bertz CT molecular complexity index is 732. The molecular formula is C18H26N2O4S. The molecule has 7 heteroatoms. The molecule has 1 aromatic carbocycles. The van der Waals surface area contributed by atoms with E-state index in [0.717, 1.165) is 17.9 Å². The van der Waals surface area contributed by atoms with E-state index in [1.54, 1.807) is 4.90 Å². The first-order valence-corrected chi connectivity index (χ1v) is 10.7. The maximum Gasteiger partial charge on any atom is 0.241 e. The van der Waals surface area contributed by atoms with Crippen molar-refractivity contribution in [2.75, 3.05) is 29.6 Å². The fourth-order valence-electron chi connectivity index (χ4n) is 3.83. The number of hydrogen-bond donors (Lipinski definition) is 0. The quantitative estimate of drug-likeness (QED) is 0.793. The van der Waals surface area contributed by atoms with Crippen molar-refractivity contribution in [3.05, 3.63) is 24.3 Å². The highest BCUT2D eigenvalue weighted by Gasteiger charge is 2.50. The van der Waals surface area contributed by atoms with Crippen LogP contribution >= 0.6 is 0 Å². The summed E-state index contributed by atoms with van der Waals surface area (Å²) in [5.74, 6) is 0.863. The zero-order valence-electron chi connectivity index (χ0n) is 15.0. The highest BCUT2D eigenvalue weighted by atomic mass is 32.2. The number of anilines is 1. The van der Waals surface area contributed by atoms with Crippen molar-refractivity contribution < 1.29 is 17.9 Å². The van der Waals surface area contributed by atoms with Crippen LogP contribution in [0.3, 0.4) is 0 Å². The zero-order chi connectivity index (χ0) is 18.2. The van der Waals surface area contributed by atoms with E-state index in [0.29, 0.717) is 6.61 Å². The zero-order valence-corrected chi connectivity index (χ0v) is 15.8. The summed E-state index contributed by atoms with van der Waals surface area (Å²) in [7, 11) is -3.14. The van der Waals surface area contributed by atoms with Gasteiger partial charge in [-0.25, -0.2) is 8.42 Å². The predicted molar refractivity (Wildman–Crippen MR) is 97.8 cm³/mol. The second-order valence-electron chi connectivity index (χ2n) is 6.83. The van der Waals surface area contributed by atoms with Gasteiger partial charge in [-0.2, -0.15) is 0 Å². The van der Waals surface area contributed by atoms with Gasteiger partial charge in [0.05, 0.1) is 30.7 Å².